The highest BCUT2D eigenvalue weighted by atomic mass is 35.5. The number of benzene rings is 1. The van der Waals surface area contributed by atoms with Gasteiger partial charge < -0.3 is 20.1 Å². The van der Waals surface area contributed by atoms with Crippen molar-refractivity contribution in [2.75, 3.05) is 39.6 Å². The van der Waals surface area contributed by atoms with Crippen molar-refractivity contribution in [2.24, 2.45) is 0 Å². The van der Waals surface area contributed by atoms with Crippen molar-refractivity contribution in [3.05, 3.63) is 24.3 Å². The van der Waals surface area contributed by atoms with Crippen LogP contribution in [-0.4, -0.2) is 51.6 Å². The van der Waals surface area contributed by atoms with Gasteiger partial charge in [-0.2, -0.15) is 0 Å². The first-order valence-corrected chi connectivity index (χ1v) is 8.18. The van der Waals surface area contributed by atoms with E-state index in [0.29, 0.717) is 25.4 Å². The van der Waals surface area contributed by atoms with Gasteiger partial charge in [0.25, 0.3) is 5.91 Å². The molecule has 0 aliphatic rings. The van der Waals surface area contributed by atoms with E-state index >= 15 is 0 Å². The van der Waals surface area contributed by atoms with Crippen molar-refractivity contribution in [3.63, 3.8) is 0 Å². The van der Waals surface area contributed by atoms with Crippen LogP contribution in [0, 0.1) is 0 Å². The Bertz CT molecular complexity index is 418. The second-order valence-electron chi connectivity index (χ2n) is 4.47. The van der Waals surface area contributed by atoms with Gasteiger partial charge in [0.1, 0.15) is 5.75 Å². The zero-order chi connectivity index (χ0) is 15.5. The highest BCUT2D eigenvalue weighted by Crippen LogP contribution is 2.19. The molecule has 0 radical (unpaired) electrons. The number of thioether (sulfide) groups is 1. The van der Waals surface area contributed by atoms with Crippen LogP contribution in [0.15, 0.2) is 29.2 Å². The fourth-order valence-electron chi connectivity index (χ4n) is 1.63. The number of carbonyl (C=O) groups is 1. The molecule has 0 aliphatic carbocycles. The Hall–Kier alpha value is -0.950. The lowest BCUT2D eigenvalue weighted by atomic mass is 10.3. The molecule has 7 heteroatoms. The van der Waals surface area contributed by atoms with Crippen LogP contribution in [0.3, 0.4) is 0 Å². The average Bonchev–Trinajstić information content (AvgIpc) is 2.51. The van der Waals surface area contributed by atoms with Crippen LogP contribution < -0.4 is 15.4 Å². The van der Waals surface area contributed by atoms with E-state index in [4.69, 9.17) is 9.47 Å². The summed E-state index contributed by atoms with van der Waals surface area (Å²) >= 11 is 1.67. The second kappa shape index (κ2) is 12.6. The van der Waals surface area contributed by atoms with E-state index in [1.807, 2.05) is 30.5 Å². The summed E-state index contributed by atoms with van der Waals surface area (Å²) in [5.41, 5.74) is 0. The third kappa shape index (κ3) is 8.48. The molecular weight excluding hydrogens is 324 g/mol. The molecule has 1 rings (SSSR count). The van der Waals surface area contributed by atoms with Gasteiger partial charge in [-0.15, -0.1) is 24.2 Å². The normalized spacial score (nSPS) is 11.4. The number of hydrogen-bond donors (Lipinski definition) is 2. The van der Waals surface area contributed by atoms with Crippen LogP contribution in [0.25, 0.3) is 0 Å². The summed E-state index contributed by atoms with van der Waals surface area (Å²) < 4.78 is 10.5. The maximum Gasteiger partial charge on any atom is 0.260 e. The SMILES string of the molecule is COCCNCCNC(=O)C(C)Oc1ccc(SC)cc1.Cl. The largest absolute Gasteiger partial charge is 0.481 e. The van der Waals surface area contributed by atoms with Gasteiger partial charge in [-0.3, -0.25) is 4.79 Å². The van der Waals surface area contributed by atoms with Gasteiger partial charge in [0.05, 0.1) is 6.61 Å². The summed E-state index contributed by atoms with van der Waals surface area (Å²) in [5.74, 6) is 0.589. The summed E-state index contributed by atoms with van der Waals surface area (Å²) in [5, 5.41) is 5.99. The lowest BCUT2D eigenvalue weighted by molar-refractivity contribution is -0.127. The number of hydrogen-bond acceptors (Lipinski definition) is 5. The van der Waals surface area contributed by atoms with Gasteiger partial charge in [0, 0.05) is 31.6 Å². The quantitative estimate of drug-likeness (QED) is 0.500. The fraction of sp³-hybridized carbons (Fsp3) is 0.533. The smallest absolute Gasteiger partial charge is 0.260 e. The Morgan fingerprint density at radius 2 is 1.91 bits per heavy atom. The third-order valence-corrected chi connectivity index (χ3v) is 3.57. The maximum atomic E-state index is 11.9. The van der Waals surface area contributed by atoms with Gasteiger partial charge in [-0.1, -0.05) is 0 Å². The van der Waals surface area contributed by atoms with Crippen molar-refractivity contribution in [2.45, 2.75) is 17.9 Å². The highest BCUT2D eigenvalue weighted by Gasteiger charge is 2.13. The molecule has 0 spiro atoms. The molecule has 0 heterocycles. The van der Waals surface area contributed by atoms with Crippen molar-refractivity contribution in [1.29, 1.82) is 0 Å². The molecule has 1 aromatic carbocycles. The number of ether oxygens (including phenoxy) is 2. The molecule has 2 N–H and O–H groups in total. The van der Waals surface area contributed by atoms with E-state index in [9.17, 15) is 4.79 Å². The van der Waals surface area contributed by atoms with Crippen LogP contribution in [0.2, 0.25) is 0 Å². The number of carbonyl (C=O) groups excluding carboxylic acids is 1. The molecule has 5 nitrogen and oxygen atoms in total. The summed E-state index contributed by atoms with van der Waals surface area (Å²) in [4.78, 5) is 13.0. The van der Waals surface area contributed by atoms with Crippen molar-refractivity contribution >= 4 is 30.1 Å². The lowest BCUT2D eigenvalue weighted by Crippen LogP contribution is -2.40. The Balaban J connectivity index is 0.00000441. The molecular formula is C15H25ClN2O3S. The van der Waals surface area contributed by atoms with Crippen molar-refractivity contribution in [3.8, 4) is 5.75 Å². The predicted octanol–water partition coefficient (Wildman–Crippen LogP) is 1.95. The summed E-state index contributed by atoms with van der Waals surface area (Å²) in [6, 6.07) is 7.71. The van der Waals surface area contributed by atoms with E-state index < -0.39 is 6.10 Å². The van der Waals surface area contributed by atoms with E-state index in [1.165, 1.54) is 4.90 Å². The lowest BCUT2D eigenvalue weighted by Gasteiger charge is -2.15. The Kier molecular flexibility index (Phi) is 12.0. The molecule has 22 heavy (non-hydrogen) atoms. The molecule has 126 valence electrons. The van der Waals surface area contributed by atoms with Crippen molar-refractivity contribution < 1.29 is 14.3 Å². The number of halogens is 1. The molecule has 1 aromatic rings. The zero-order valence-corrected chi connectivity index (χ0v) is 14.9. The molecule has 0 aliphatic heterocycles. The molecule has 1 amide bonds. The monoisotopic (exact) mass is 348 g/mol. The van der Waals surface area contributed by atoms with E-state index in [2.05, 4.69) is 10.6 Å². The molecule has 1 unspecified atom stereocenters. The van der Waals surface area contributed by atoms with Crippen LogP contribution >= 0.6 is 24.2 Å². The Morgan fingerprint density at radius 3 is 2.50 bits per heavy atom. The highest BCUT2D eigenvalue weighted by molar-refractivity contribution is 7.98. The molecule has 0 saturated carbocycles. The maximum absolute atomic E-state index is 11.9. The summed E-state index contributed by atoms with van der Waals surface area (Å²) in [6.07, 6.45) is 1.51. The molecule has 0 saturated heterocycles. The van der Waals surface area contributed by atoms with Crippen LogP contribution in [-0.2, 0) is 9.53 Å². The average molecular weight is 349 g/mol. The Morgan fingerprint density at radius 1 is 1.23 bits per heavy atom. The molecule has 0 aromatic heterocycles. The second-order valence-corrected chi connectivity index (χ2v) is 5.35. The van der Waals surface area contributed by atoms with Crippen LogP contribution in [0.1, 0.15) is 6.92 Å². The first-order valence-electron chi connectivity index (χ1n) is 6.95. The van der Waals surface area contributed by atoms with Gasteiger partial charge in [-0.25, -0.2) is 0 Å². The minimum absolute atomic E-state index is 0. The fourth-order valence-corrected chi connectivity index (χ4v) is 2.04. The number of methoxy groups -OCH3 is 1. The van der Waals surface area contributed by atoms with Crippen LogP contribution in [0.4, 0.5) is 0 Å². The predicted molar refractivity (Wildman–Crippen MR) is 93.3 cm³/mol. The van der Waals surface area contributed by atoms with E-state index in [0.717, 1.165) is 6.54 Å². The topological polar surface area (TPSA) is 59.6 Å². The third-order valence-electron chi connectivity index (χ3n) is 2.83. The minimum Gasteiger partial charge on any atom is -0.481 e. The van der Waals surface area contributed by atoms with Crippen molar-refractivity contribution in [1.82, 2.24) is 10.6 Å². The van der Waals surface area contributed by atoms with Gasteiger partial charge in [-0.05, 0) is 37.4 Å². The summed E-state index contributed by atoms with van der Waals surface area (Å²) in [7, 11) is 1.66. The first-order chi connectivity index (χ1) is 10.2. The van der Waals surface area contributed by atoms with Gasteiger partial charge >= 0.3 is 0 Å². The van der Waals surface area contributed by atoms with E-state index in [1.54, 1.807) is 25.8 Å². The number of nitrogens with one attached hydrogen (secondary N) is 2. The first kappa shape index (κ1) is 21.0. The van der Waals surface area contributed by atoms with E-state index in [-0.39, 0.29) is 18.3 Å². The zero-order valence-electron chi connectivity index (χ0n) is 13.3. The number of rotatable bonds is 10. The standard InChI is InChI=1S/C15H24N2O3S.ClH/c1-12(15(18)17-9-8-16-10-11-19-2)20-13-4-6-14(21-3)7-5-13;/h4-7,12,16H,8-11H2,1-3H3,(H,17,18);1H. The van der Waals surface area contributed by atoms with Gasteiger partial charge in [0.2, 0.25) is 0 Å². The minimum atomic E-state index is -0.510. The van der Waals surface area contributed by atoms with Gasteiger partial charge in [0.15, 0.2) is 6.10 Å². The number of amides is 1. The molecule has 1 atom stereocenters. The summed E-state index contributed by atoms with van der Waals surface area (Å²) in [6.45, 7) is 4.47. The molecule has 0 fully saturated rings. The molecule has 0 bridgehead atoms. The Labute approximate surface area is 142 Å². The van der Waals surface area contributed by atoms with Crippen LogP contribution in [0.5, 0.6) is 5.75 Å².